The zero-order valence-electron chi connectivity index (χ0n) is 13.0. The molecule has 0 radical (unpaired) electrons. The number of benzene rings is 1. The molecule has 114 valence electrons. The van der Waals surface area contributed by atoms with Crippen molar-refractivity contribution in [3.8, 4) is 12.3 Å². The Morgan fingerprint density at radius 2 is 1.95 bits per heavy atom. The molecule has 0 saturated heterocycles. The average molecular weight is 295 g/mol. The largest absolute Gasteiger partial charge is 0.342 e. The van der Waals surface area contributed by atoms with E-state index >= 15 is 0 Å². The highest BCUT2D eigenvalue weighted by molar-refractivity contribution is 5.76. The Bertz CT molecular complexity index is 613. The van der Waals surface area contributed by atoms with E-state index in [0.29, 0.717) is 19.3 Å². The lowest BCUT2D eigenvalue weighted by atomic mass is 10.0. The van der Waals surface area contributed by atoms with Crippen molar-refractivity contribution in [3.05, 3.63) is 35.4 Å². The summed E-state index contributed by atoms with van der Waals surface area (Å²) < 4.78 is 0. The minimum Gasteiger partial charge on any atom is -0.342 e. The molecule has 2 aliphatic rings. The van der Waals surface area contributed by atoms with Gasteiger partial charge in [-0.15, -0.1) is 12.3 Å². The normalized spacial score (nSPS) is 17.8. The number of rotatable bonds is 6. The summed E-state index contributed by atoms with van der Waals surface area (Å²) in [7, 11) is 1.91. The molecule has 0 spiro atoms. The molecule has 22 heavy (non-hydrogen) atoms. The van der Waals surface area contributed by atoms with Gasteiger partial charge in [0.25, 0.3) is 0 Å². The maximum Gasteiger partial charge on any atom is 0.222 e. The summed E-state index contributed by atoms with van der Waals surface area (Å²) in [5.74, 6) is 2.79. The monoisotopic (exact) mass is 295 g/mol. The van der Waals surface area contributed by atoms with Crippen molar-refractivity contribution in [2.45, 2.75) is 50.2 Å². The fourth-order valence-electron chi connectivity index (χ4n) is 3.16. The molecule has 0 atom stereocenters. The highest BCUT2D eigenvalue weighted by atomic mass is 16.2. The lowest BCUT2D eigenvalue weighted by Crippen LogP contribution is -2.38. The van der Waals surface area contributed by atoms with Crippen LogP contribution in [-0.2, 0) is 17.6 Å². The molecule has 1 aliphatic carbocycles. The number of nitrogens with zero attached hydrogens (tertiary/aromatic N) is 3. The predicted molar refractivity (Wildman–Crippen MR) is 85.3 cm³/mol. The Morgan fingerprint density at radius 1 is 1.32 bits per heavy atom. The summed E-state index contributed by atoms with van der Waals surface area (Å²) in [5, 5.41) is 8.18. The van der Waals surface area contributed by atoms with E-state index in [4.69, 9.17) is 6.42 Å². The first-order chi connectivity index (χ1) is 10.6. The number of carbonyl (C=O) groups excluding carboxylic acids is 1. The maximum absolute atomic E-state index is 12.4. The zero-order chi connectivity index (χ0) is 15.6. The summed E-state index contributed by atoms with van der Waals surface area (Å²) >= 11 is 0. The van der Waals surface area contributed by atoms with Crippen molar-refractivity contribution < 1.29 is 4.79 Å². The molecule has 4 heteroatoms. The molecule has 0 saturated carbocycles. The van der Waals surface area contributed by atoms with Gasteiger partial charge in [0, 0.05) is 38.8 Å². The van der Waals surface area contributed by atoms with Crippen LogP contribution in [0.3, 0.4) is 0 Å². The molecule has 4 nitrogen and oxygen atoms in total. The van der Waals surface area contributed by atoms with Crippen LogP contribution in [0.4, 0.5) is 0 Å². The molecule has 3 rings (SSSR count). The van der Waals surface area contributed by atoms with Crippen molar-refractivity contribution in [3.63, 3.8) is 0 Å². The number of fused-ring (bicyclic) bond motifs is 1. The number of carbonyl (C=O) groups is 1. The van der Waals surface area contributed by atoms with Gasteiger partial charge in [-0.1, -0.05) is 24.3 Å². The Balaban J connectivity index is 1.50. The summed E-state index contributed by atoms with van der Waals surface area (Å²) in [4.78, 5) is 14.3. The average Bonchev–Trinajstić information content (AvgIpc) is 3.18. The van der Waals surface area contributed by atoms with Crippen molar-refractivity contribution in [1.29, 1.82) is 0 Å². The van der Waals surface area contributed by atoms with Crippen molar-refractivity contribution in [2.75, 3.05) is 7.05 Å². The van der Waals surface area contributed by atoms with E-state index in [1.807, 2.05) is 11.9 Å². The number of hydrogen-bond donors (Lipinski definition) is 0. The van der Waals surface area contributed by atoms with Gasteiger partial charge in [-0.3, -0.25) is 4.79 Å². The molecule has 0 aromatic heterocycles. The number of terminal acetylenes is 1. The van der Waals surface area contributed by atoms with E-state index in [-0.39, 0.29) is 17.6 Å². The van der Waals surface area contributed by atoms with Crippen LogP contribution in [-0.4, -0.2) is 29.6 Å². The minimum atomic E-state index is -0.360. The molecule has 0 fully saturated rings. The van der Waals surface area contributed by atoms with Crippen LogP contribution in [0.2, 0.25) is 0 Å². The third-order valence-corrected chi connectivity index (χ3v) is 4.76. The smallest absolute Gasteiger partial charge is 0.222 e. The van der Waals surface area contributed by atoms with Gasteiger partial charge in [0.15, 0.2) is 5.66 Å². The number of likely N-dealkylation sites (N-methyl/N-ethyl adjacent to an activating group) is 1. The van der Waals surface area contributed by atoms with E-state index in [1.54, 1.807) is 0 Å². The predicted octanol–water partition coefficient (Wildman–Crippen LogP) is 2.97. The van der Waals surface area contributed by atoms with Gasteiger partial charge < -0.3 is 4.90 Å². The molecule has 1 amide bonds. The van der Waals surface area contributed by atoms with E-state index < -0.39 is 0 Å². The summed E-state index contributed by atoms with van der Waals surface area (Å²) in [5.41, 5.74) is 2.37. The van der Waals surface area contributed by atoms with Crippen LogP contribution in [0.15, 0.2) is 34.5 Å². The zero-order valence-corrected chi connectivity index (χ0v) is 13.0. The quantitative estimate of drug-likeness (QED) is 0.744. The third kappa shape index (κ3) is 3.04. The lowest BCUT2D eigenvalue weighted by molar-refractivity contribution is -0.132. The number of amides is 1. The van der Waals surface area contributed by atoms with Crippen LogP contribution in [0.1, 0.15) is 36.8 Å². The van der Waals surface area contributed by atoms with Crippen molar-refractivity contribution in [1.82, 2.24) is 4.90 Å². The lowest BCUT2D eigenvalue weighted by Gasteiger charge is -2.25. The molecule has 1 heterocycles. The number of hydrogen-bond acceptors (Lipinski definition) is 3. The van der Waals surface area contributed by atoms with Crippen molar-refractivity contribution >= 4 is 5.91 Å². The van der Waals surface area contributed by atoms with Crippen LogP contribution in [0.5, 0.6) is 0 Å². The molecular formula is C18H21N3O. The highest BCUT2D eigenvalue weighted by Gasteiger charge is 2.40. The molecule has 1 aromatic carbocycles. The van der Waals surface area contributed by atoms with Gasteiger partial charge in [0.1, 0.15) is 0 Å². The van der Waals surface area contributed by atoms with E-state index in [1.165, 1.54) is 11.1 Å². The molecule has 1 aromatic rings. The second kappa shape index (κ2) is 5.92. The molecule has 0 unspecified atom stereocenters. The standard InChI is InChI=1S/C18H21N3O/c1-3-4-10-18(19-20-18)11-9-17(22)21(2)16-12-14-7-5-6-8-15(14)13-16/h1,5-8,16H,4,9-13H2,2H3. The Morgan fingerprint density at radius 3 is 2.50 bits per heavy atom. The SMILES string of the molecule is C#CCCC1(CCC(=O)N(C)C2Cc3ccccc3C2)N=N1. The van der Waals surface area contributed by atoms with Crippen LogP contribution >= 0.6 is 0 Å². The van der Waals surface area contributed by atoms with Crippen LogP contribution in [0, 0.1) is 12.3 Å². The van der Waals surface area contributed by atoms with E-state index in [0.717, 1.165) is 19.3 Å². The van der Waals surface area contributed by atoms with E-state index in [9.17, 15) is 4.79 Å². The molecule has 0 bridgehead atoms. The first-order valence-corrected chi connectivity index (χ1v) is 7.83. The first-order valence-electron chi connectivity index (χ1n) is 7.83. The van der Waals surface area contributed by atoms with Gasteiger partial charge >= 0.3 is 0 Å². The van der Waals surface area contributed by atoms with Crippen LogP contribution < -0.4 is 0 Å². The Labute approximate surface area is 131 Å². The highest BCUT2D eigenvalue weighted by Crippen LogP contribution is 2.38. The third-order valence-electron chi connectivity index (χ3n) is 4.76. The van der Waals surface area contributed by atoms with Crippen LogP contribution in [0.25, 0.3) is 0 Å². The Hall–Kier alpha value is -2.15. The van der Waals surface area contributed by atoms with E-state index in [2.05, 4.69) is 40.4 Å². The van der Waals surface area contributed by atoms with Crippen molar-refractivity contribution in [2.24, 2.45) is 10.2 Å². The van der Waals surface area contributed by atoms with Gasteiger partial charge in [-0.05, 0) is 24.0 Å². The van der Waals surface area contributed by atoms with Gasteiger partial charge in [-0.2, -0.15) is 10.2 Å². The second-order valence-corrected chi connectivity index (χ2v) is 6.22. The Kier molecular flexibility index (Phi) is 3.98. The first kappa shape index (κ1) is 14.8. The maximum atomic E-state index is 12.4. The molecular weight excluding hydrogens is 274 g/mol. The fourth-order valence-corrected chi connectivity index (χ4v) is 3.16. The summed E-state index contributed by atoms with van der Waals surface area (Å²) in [6.45, 7) is 0. The van der Waals surface area contributed by atoms with Gasteiger partial charge in [0.05, 0.1) is 0 Å². The fraction of sp³-hybridized carbons (Fsp3) is 0.500. The molecule has 0 N–H and O–H groups in total. The molecule has 1 aliphatic heterocycles. The second-order valence-electron chi connectivity index (χ2n) is 6.22. The minimum absolute atomic E-state index is 0.176. The topological polar surface area (TPSA) is 45.0 Å². The summed E-state index contributed by atoms with van der Waals surface area (Å²) in [6.07, 6.45) is 9.78. The summed E-state index contributed by atoms with van der Waals surface area (Å²) in [6, 6.07) is 8.72. The van der Waals surface area contributed by atoms with Gasteiger partial charge in [0.2, 0.25) is 5.91 Å². The van der Waals surface area contributed by atoms with Gasteiger partial charge in [-0.25, -0.2) is 0 Å².